The summed E-state index contributed by atoms with van der Waals surface area (Å²) in [4.78, 5) is 8.95. The Kier molecular flexibility index (Phi) is 8.57. The molecule has 0 amide bonds. The number of nitrogens with zero attached hydrogens (tertiary/aromatic N) is 4. The molecule has 3 heterocycles. The van der Waals surface area contributed by atoms with Crippen LogP contribution in [-0.4, -0.2) is 19.6 Å². The number of allylic oxidation sites excluding steroid dienone is 6. The Hall–Kier alpha value is -3.47. The molecule has 150 valence electrons. The Labute approximate surface area is 173 Å². The molecule has 0 fully saturated rings. The Morgan fingerprint density at radius 3 is 2.79 bits per heavy atom. The fourth-order valence-electron chi connectivity index (χ4n) is 2.68. The van der Waals surface area contributed by atoms with Crippen LogP contribution in [0.3, 0.4) is 0 Å². The normalized spacial score (nSPS) is 11.7. The highest BCUT2D eigenvalue weighted by atomic mass is 15.3. The van der Waals surface area contributed by atoms with Crippen LogP contribution >= 0.6 is 0 Å². The molecule has 5 nitrogen and oxygen atoms in total. The van der Waals surface area contributed by atoms with E-state index in [0.29, 0.717) is 5.82 Å². The number of anilines is 2. The van der Waals surface area contributed by atoms with Crippen LogP contribution in [0.5, 0.6) is 0 Å². The maximum Gasteiger partial charge on any atom is 0.181 e. The van der Waals surface area contributed by atoms with Gasteiger partial charge >= 0.3 is 0 Å². The van der Waals surface area contributed by atoms with E-state index in [9.17, 15) is 0 Å². The van der Waals surface area contributed by atoms with Gasteiger partial charge in [-0.2, -0.15) is 0 Å². The summed E-state index contributed by atoms with van der Waals surface area (Å²) in [5.41, 5.74) is 3.70. The second kappa shape index (κ2) is 11.4. The molecule has 0 atom stereocenters. The molecule has 0 aliphatic heterocycles. The summed E-state index contributed by atoms with van der Waals surface area (Å²) in [6.07, 6.45) is 18.2. The predicted octanol–water partition coefficient (Wildman–Crippen LogP) is 6.46. The van der Waals surface area contributed by atoms with Crippen LogP contribution in [0.25, 0.3) is 17.2 Å². The van der Waals surface area contributed by atoms with Gasteiger partial charge in [-0.05, 0) is 31.5 Å². The van der Waals surface area contributed by atoms with Crippen molar-refractivity contribution < 1.29 is 0 Å². The summed E-state index contributed by atoms with van der Waals surface area (Å²) in [6.45, 7) is 11.9. The second-order valence-electron chi connectivity index (χ2n) is 5.87. The van der Waals surface area contributed by atoms with Gasteiger partial charge in [-0.25, -0.2) is 9.50 Å². The lowest BCUT2D eigenvalue weighted by Gasteiger charge is -2.12. The quantitative estimate of drug-likeness (QED) is 0.472. The van der Waals surface area contributed by atoms with Crippen molar-refractivity contribution in [3.8, 4) is 0 Å². The minimum atomic E-state index is 0.665. The molecule has 0 aromatic carbocycles. The highest BCUT2D eigenvalue weighted by Crippen LogP contribution is 2.25. The fourth-order valence-corrected chi connectivity index (χ4v) is 2.68. The maximum absolute atomic E-state index is 4.80. The molecule has 0 saturated carbocycles. The SMILES string of the molecule is C=Cc1cnccc1Nc1nc(C(/C=C\C=C/C)=C\CC)nn2cccc12.CC. The summed E-state index contributed by atoms with van der Waals surface area (Å²) in [5, 5.41) is 8.08. The Morgan fingerprint density at radius 1 is 1.24 bits per heavy atom. The van der Waals surface area contributed by atoms with Crippen molar-refractivity contribution in [2.24, 2.45) is 0 Å². The molecule has 0 bridgehead atoms. The smallest absolute Gasteiger partial charge is 0.181 e. The Balaban J connectivity index is 0.00000145. The lowest BCUT2D eigenvalue weighted by molar-refractivity contribution is 0.888. The fraction of sp³-hybridized carbons (Fsp3) is 0.208. The third kappa shape index (κ3) is 5.51. The monoisotopic (exact) mass is 387 g/mol. The van der Waals surface area contributed by atoms with Crippen molar-refractivity contribution in [1.82, 2.24) is 19.6 Å². The molecule has 29 heavy (non-hydrogen) atoms. The number of nitrogens with one attached hydrogen (secondary N) is 1. The van der Waals surface area contributed by atoms with Crippen LogP contribution < -0.4 is 5.32 Å². The molecule has 0 unspecified atom stereocenters. The van der Waals surface area contributed by atoms with Gasteiger partial charge in [0.1, 0.15) is 5.52 Å². The first kappa shape index (κ1) is 21.8. The second-order valence-corrected chi connectivity index (χ2v) is 5.87. The van der Waals surface area contributed by atoms with E-state index in [1.54, 1.807) is 18.5 Å². The van der Waals surface area contributed by atoms with Crippen LogP contribution in [0.2, 0.25) is 0 Å². The highest BCUT2D eigenvalue weighted by Gasteiger charge is 2.11. The van der Waals surface area contributed by atoms with Crippen molar-refractivity contribution in [2.45, 2.75) is 34.1 Å². The predicted molar refractivity (Wildman–Crippen MR) is 124 cm³/mol. The zero-order chi connectivity index (χ0) is 21.1. The Morgan fingerprint density at radius 2 is 2.07 bits per heavy atom. The highest BCUT2D eigenvalue weighted by molar-refractivity contribution is 5.79. The minimum Gasteiger partial charge on any atom is -0.338 e. The van der Waals surface area contributed by atoms with E-state index in [-0.39, 0.29) is 0 Å². The average Bonchev–Trinajstić information content (AvgIpc) is 3.24. The van der Waals surface area contributed by atoms with Crippen LogP contribution in [0, 0.1) is 0 Å². The van der Waals surface area contributed by atoms with E-state index < -0.39 is 0 Å². The number of fused-ring (bicyclic) bond motifs is 1. The molecular formula is C24H29N5. The van der Waals surface area contributed by atoms with Gasteiger partial charge in [0.2, 0.25) is 0 Å². The molecule has 3 aromatic rings. The lowest BCUT2D eigenvalue weighted by atomic mass is 10.2. The molecule has 0 saturated heterocycles. The molecular weight excluding hydrogens is 358 g/mol. The topological polar surface area (TPSA) is 55.1 Å². The molecule has 0 aliphatic carbocycles. The van der Waals surface area contributed by atoms with Crippen molar-refractivity contribution in [2.75, 3.05) is 5.32 Å². The Bertz CT molecular complexity index is 1020. The van der Waals surface area contributed by atoms with Gasteiger partial charge in [0.15, 0.2) is 11.6 Å². The van der Waals surface area contributed by atoms with Crippen molar-refractivity contribution in [3.05, 3.63) is 85.1 Å². The summed E-state index contributed by atoms with van der Waals surface area (Å²) >= 11 is 0. The van der Waals surface area contributed by atoms with Gasteiger partial charge in [-0.3, -0.25) is 4.98 Å². The van der Waals surface area contributed by atoms with Gasteiger partial charge in [0, 0.05) is 29.7 Å². The summed E-state index contributed by atoms with van der Waals surface area (Å²) in [6, 6.07) is 5.85. The summed E-state index contributed by atoms with van der Waals surface area (Å²) < 4.78 is 1.84. The summed E-state index contributed by atoms with van der Waals surface area (Å²) in [7, 11) is 0. The van der Waals surface area contributed by atoms with Gasteiger partial charge in [0.05, 0.1) is 5.69 Å². The van der Waals surface area contributed by atoms with Gasteiger partial charge < -0.3 is 5.32 Å². The molecule has 0 radical (unpaired) electrons. The first-order valence-corrected chi connectivity index (χ1v) is 9.95. The molecule has 0 spiro atoms. The van der Waals surface area contributed by atoms with E-state index in [2.05, 4.69) is 35.0 Å². The van der Waals surface area contributed by atoms with E-state index in [1.165, 1.54) is 0 Å². The van der Waals surface area contributed by atoms with Crippen LogP contribution in [0.4, 0.5) is 11.5 Å². The van der Waals surface area contributed by atoms with Gasteiger partial charge in [-0.1, -0.05) is 63.8 Å². The average molecular weight is 388 g/mol. The number of pyridine rings is 1. The van der Waals surface area contributed by atoms with Crippen molar-refractivity contribution >= 4 is 28.7 Å². The van der Waals surface area contributed by atoms with Crippen molar-refractivity contribution in [3.63, 3.8) is 0 Å². The van der Waals surface area contributed by atoms with E-state index in [0.717, 1.165) is 34.6 Å². The van der Waals surface area contributed by atoms with Crippen LogP contribution in [0.15, 0.2) is 73.7 Å². The molecule has 5 heteroatoms. The molecule has 3 rings (SSSR count). The zero-order valence-electron chi connectivity index (χ0n) is 17.6. The minimum absolute atomic E-state index is 0.665. The molecule has 1 N–H and O–H groups in total. The zero-order valence-corrected chi connectivity index (χ0v) is 17.6. The lowest BCUT2D eigenvalue weighted by Crippen LogP contribution is -2.06. The maximum atomic E-state index is 4.80. The van der Waals surface area contributed by atoms with Crippen LogP contribution in [0.1, 0.15) is 45.5 Å². The van der Waals surface area contributed by atoms with Gasteiger partial charge in [0.25, 0.3) is 0 Å². The van der Waals surface area contributed by atoms with Crippen LogP contribution in [-0.2, 0) is 0 Å². The van der Waals surface area contributed by atoms with E-state index >= 15 is 0 Å². The van der Waals surface area contributed by atoms with E-state index in [1.807, 2.05) is 74.0 Å². The third-order valence-electron chi connectivity index (χ3n) is 3.98. The molecule has 3 aromatic heterocycles. The first-order valence-electron chi connectivity index (χ1n) is 9.95. The van der Waals surface area contributed by atoms with Crippen molar-refractivity contribution in [1.29, 1.82) is 0 Å². The third-order valence-corrected chi connectivity index (χ3v) is 3.98. The number of hydrogen-bond donors (Lipinski definition) is 1. The number of rotatable bonds is 7. The number of hydrogen-bond acceptors (Lipinski definition) is 4. The first-order chi connectivity index (χ1) is 14.3. The number of aromatic nitrogens is 4. The van der Waals surface area contributed by atoms with E-state index in [4.69, 9.17) is 4.98 Å². The molecule has 0 aliphatic rings. The van der Waals surface area contributed by atoms with Gasteiger partial charge in [-0.15, -0.1) is 5.10 Å². The standard InChI is InChI=1S/C22H23N5.C2H6/c1-4-7-8-11-18(10-5-2)21-25-22(20-12-9-15-27(20)26-21)24-19-13-14-23-16-17(19)6-3;1-2/h4,6-16H,3,5H2,1-2H3,(H,23,24,25,26);1-2H3/b7-4-,11-8-,18-10-;. The largest absolute Gasteiger partial charge is 0.338 e. The summed E-state index contributed by atoms with van der Waals surface area (Å²) in [5.74, 6) is 1.40.